The summed E-state index contributed by atoms with van der Waals surface area (Å²) in [7, 11) is 0. The fraction of sp³-hybridized carbons (Fsp3) is 1.00. The van der Waals surface area contributed by atoms with Crippen molar-refractivity contribution < 1.29 is 5.11 Å². The Bertz CT molecular complexity index is 126. The molecule has 0 aromatic heterocycles. The number of hydrogen-bond donors (Lipinski definition) is 2. The number of nitrogens with two attached hydrogens (primary N) is 1. The van der Waals surface area contributed by atoms with E-state index >= 15 is 0 Å². The second-order valence-electron chi connectivity index (χ2n) is 3.70. The van der Waals surface area contributed by atoms with E-state index in [2.05, 4.69) is 13.8 Å². The minimum Gasteiger partial charge on any atom is -0.389 e. The molecule has 0 spiro atoms. The van der Waals surface area contributed by atoms with Crippen molar-refractivity contribution in [3.05, 3.63) is 0 Å². The molecule has 0 aromatic rings. The predicted octanol–water partition coefficient (Wildman–Crippen LogP) is 1.62. The van der Waals surface area contributed by atoms with Crippen LogP contribution in [0.3, 0.4) is 0 Å². The van der Waals surface area contributed by atoms with Gasteiger partial charge in [-0.1, -0.05) is 20.8 Å². The largest absolute Gasteiger partial charge is 0.389 e. The van der Waals surface area contributed by atoms with Gasteiger partial charge in [-0.15, -0.1) is 0 Å². The Morgan fingerprint density at radius 3 is 2.33 bits per heavy atom. The predicted molar refractivity (Wildman–Crippen MR) is 56.5 cm³/mol. The van der Waals surface area contributed by atoms with Crippen molar-refractivity contribution in [2.45, 2.75) is 51.0 Å². The highest BCUT2D eigenvalue weighted by molar-refractivity contribution is 7.99. The summed E-state index contributed by atoms with van der Waals surface area (Å²) >= 11 is 1.80. The molecule has 0 saturated carbocycles. The summed E-state index contributed by atoms with van der Waals surface area (Å²) in [6, 6.07) is -0.116. The van der Waals surface area contributed by atoms with Gasteiger partial charge < -0.3 is 10.8 Å². The Morgan fingerprint density at radius 2 is 2.00 bits per heavy atom. The molecule has 0 saturated heterocycles. The summed E-state index contributed by atoms with van der Waals surface area (Å²) in [5.74, 6) is 0.832. The van der Waals surface area contributed by atoms with E-state index in [-0.39, 0.29) is 6.04 Å². The normalized spacial score (nSPS) is 19.2. The molecule has 0 heterocycles. The van der Waals surface area contributed by atoms with Crippen LogP contribution in [0.1, 0.15) is 34.1 Å². The van der Waals surface area contributed by atoms with Gasteiger partial charge in [-0.05, 0) is 18.6 Å². The molecule has 3 heteroatoms. The highest BCUT2D eigenvalue weighted by Crippen LogP contribution is 2.18. The molecule has 2 nitrogen and oxygen atoms in total. The van der Waals surface area contributed by atoms with Crippen molar-refractivity contribution >= 4 is 11.8 Å². The summed E-state index contributed by atoms with van der Waals surface area (Å²) in [6.45, 7) is 8.04. The van der Waals surface area contributed by atoms with E-state index in [1.54, 1.807) is 18.7 Å². The van der Waals surface area contributed by atoms with Gasteiger partial charge in [-0.3, -0.25) is 0 Å². The molecule has 1 unspecified atom stereocenters. The van der Waals surface area contributed by atoms with Crippen LogP contribution in [0.4, 0.5) is 0 Å². The van der Waals surface area contributed by atoms with Crippen LogP contribution in [-0.4, -0.2) is 27.8 Å². The minimum absolute atomic E-state index is 0.116. The van der Waals surface area contributed by atoms with Crippen molar-refractivity contribution in [1.29, 1.82) is 0 Å². The first kappa shape index (κ1) is 12.3. The molecule has 0 fully saturated rings. The average molecular weight is 191 g/mol. The van der Waals surface area contributed by atoms with E-state index in [9.17, 15) is 5.11 Å². The number of rotatable bonds is 5. The zero-order valence-corrected chi connectivity index (χ0v) is 9.32. The Labute approximate surface area is 79.9 Å². The second-order valence-corrected chi connectivity index (χ2v) is 5.31. The Morgan fingerprint density at radius 1 is 1.50 bits per heavy atom. The second kappa shape index (κ2) is 5.10. The van der Waals surface area contributed by atoms with Gasteiger partial charge >= 0.3 is 0 Å². The van der Waals surface area contributed by atoms with Gasteiger partial charge in [0.2, 0.25) is 0 Å². The highest BCUT2D eigenvalue weighted by atomic mass is 32.2. The molecule has 0 aromatic carbocycles. The molecule has 12 heavy (non-hydrogen) atoms. The third kappa shape index (κ3) is 4.33. The van der Waals surface area contributed by atoms with Crippen molar-refractivity contribution in [2.75, 3.05) is 5.75 Å². The summed E-state index contributed by atoms with van der Waals surface area (Å²) in [6.07, 6.45) is 0.715. The minimum atomic E-state index is -0.706. The van der Waals surface area contributed by atoms with Gasteiger partial charge in [0.15, 0.2) is 0 Å². The molecule has 3 N–H and O–H groups in total. The van der Waals surface area contributed by atoms with Gasteiger partial charge in [0.1, 0.15) is 0 Å². The lowest BCUT2D eigenvalue weighted by Crippen LogP contribution is -2.47. The van der Waals surface area contributed by atoms with Crippen molar-refractivity contribution in [2.24, 2.45) is 5.73 Å². The maximum atomic E-state index is 9.77. The number of aliphatic hydroxyl groups is 1. The summed E-state index contributed by atoms with van der Waals surface area (Å²) in [5, 5.41) is 10.4. The van der Waals surface area contributed by atoms with Crippen LogP contribution in [0.25, 0.3) is 0 Å². The van der Waals surface area contributed by atoms with E-state index in [4.69, 9.17) is 5.73 Å². The molecule has 0 aliphatic heterocycles. The Balaban J connectivity index is 3.78. The maximum absolute atomic E-state index is 9.77. The van der Waals surface area contributed by atoms with Crippen LogP contribution < -0.4 is 5.73 Å². The summed E-state index contributed by atoms with van der Waals surface area (Å²) in [5.41, 5.74) is 5.13. The van der Waals surface area contributed by atoms with Crippen LogP contribution in [0.15, 0.2) is 0 Å². The van der Waals surface area contributed by atoms with E-state index in [0.717, 1.165) is 5.75 Å². The van der Waals surface area contributed by atoms with Crippen LogP contribution in [0.2, 0.25) is 0 Å². The van der Waals surface area contributed by atoms with Crippen LogP contribution in [0.5, 0.6) is 0 Å². The van der Waals surface area contributed by atoms with Crippen molar-refractivity contribution in [3.8, 4) is 0 Å². The van der Waals surface area contributed by atoms with E-state index in [1.807, 2.05) is 6.92 Å². The molecule has 74 valence electrons. The number of hydrogen-bond acceptors (Lipinski definition) is 3. The molecule has 0 aliphatic rings. The van der Waals surface area contributed by atoms with E-state index < -0.39 is 5.60 Å². The average Bonchev–Trinajstić information content (AvgIpc) is 2.00. The van der Waals surface area contributed by atoms with Crippen molar-refractivity contribution in [1.82, 2.24) is 0 Å². The first-order valence-corrected chi connectivity index (χ1v) is 5.54. The van der Waals surface area contributed by atoms with Gasteiger partial charge in [-0.25, -0.2) is 0 Å². The molecule has 0 radical (unpaired) electrons. The van der Waals surface area contributed by atoms with Crippen LogP contribution >= 0.6 is 11.8 Å². The SMILES string of the molecule is CCC(C)(O)[C@@H](N)CSC(C)C. The van der Waals surface area contributed by atoms with Gasteiger partial charge in [0.05, 0.1) is 5.60 Å². The van der Waals surface area contributed by atoms with Crippen molar-refractivity contribution in [3.63, 3.8) is 0 Å². The lowest BCUT2D eigenvalue weighted by atomic mass is 9.96. The summed E-state index contributed by atoms with van der Waals surface area (Å²) in [4.78, 5) is 0. The van der Waals surface area contributed by atoms with E-state index in [1.165, 1.54) is 0 Å². The van der Waals surface area contributed by atoms with Gasteiger partial charge in [0.25, 0.3) is 0 Å². The van der Waals surface area contributed by atoms with Crippen LogP contribution in [0, 0.1) is 0 Å². The third-order valence-electron chi connectivity index (χ3n) is 2.12. The summed E-state index contributed by atoms with van der Waals surface area (Å²) < 4.78 is 0. The molecular formula is C9H21NOS. The first-order chi connectivity index (χ1) is 5.40. The molecule has 0 rings (SSSR count). The smallest absolute Gasteiger partial charge is 0.0775 e. The monoisotopic (exact) mass is 191 g/mol. The fourth-order valence-electron chi connectivity index (χ4n) is 0.738. The van der Waals surface area contributed by atoms with Gasteiger partial charge in [-0.2, -0.15) is 11.8 Å². The lowest BCUT2D eigenvalue weighted by molar-refractivity contribution is 0.0362. The van der Waals surface area contributed by atoms with E-state index in [0.29, 0.717) is 11.7 Å². The topological polar surface area (TPSA) is 46.2 Å². The Hall–Kier alpha value is 0.270. The van der Waals surface area contributed by atoms with Crippen LogP contribution in [-0.2, 0) is 0 Å². The Kier molecular flexibility index (Phi) is 5.21. The first-order valence-electron chi connectivity index (χ1n) is 4.49. The maximum Gasteiger partial charge on any atom is 0.0775 e. The zero-order valence-electron chi connectivity index (χ0n) is 8.50. The number of thioether (sulfide) groups is 1. The molecular weight excluding hydrogens is 170 g/mol. The molecule has 0 aliphatic carbocycles. The molecule has 2 atom stereocenters. The lowest BCUT2D eigenvalue weighted by Gasteiger charge is -2.29. The van der Waals surface area contributed by atoms with Gasteiger partial charge in [0, 0.05) is 11.8 Å². The standard InChI is InChI=1S/C9H21NOS/c1-5-9(4,11)8(10)6-12-7(2)3/h7-8,11H,5-6,10H2,1-4H3/t8-,9?/m0/s1. The quantitative estimate of drug-likeness (QED) is 0.694. The third-order valence-corrected chi connectivity index (χ3v) is 3.34. The molecule has 0 amide bonds. The zero-order chi connectivity index (χ0) is 9.78. The molecule has 0 bridgehead atoms. The highest BCUT2D eigenvalue weighted by Gasteiger charge is 2.26. The fourth-order valence-corrected chi connectivity index (χ4v) is 1.69.